The van der Waals surface area contributed by atoms with Crippen LogP contribution in [0.25, 0.3) is 0 Å². The SMILES string of the molecule is COC(C(=O)c1c(C)cc(C)cc1F)C(C)(C)C. The average molecular weight is 252 g/mol. The number of ether oxygens (including phenoxy) is 1. The van der Waals surface area contributed by atoms with Gasteiger partial charge in [-0.1, -0.05) is 26.8 Å². The molecule has 100 valence electrons. The Labute approximate surface area is 108 Å². The molecule has 0 saturated carbocycles. The monoisotopic (exact) mass is 252 g/mol. The fourth-order valence-corrected chi connectivity index (χ4v) is 2.21. The molecule has 0 amide bonds. The Balaban J connectivity index is 3.26. The Hall–Kier alpha value is -1.22. The molecule has 1 aromatic carbocycles. The summed E-state index contributed by atoms with van der Waals surface area (Å²) in [5.41, 5.74) is 1.24. The van der Waals surface area contributed by atoms with Crippen molar-refractivity contribution in [1.29, 1.82) is 0 Å². The van der Waals surface area contributed by atoms with Crippen LogP contribution in [-0.2, 0) is 4.74 Å². The van der Waals surface area contributed by atoms with Crippen molar-refractivity contribution in [3.05, 3.63) is 34.6 Å². The van der Waals surface area contributed by atoms with Crippen LogP contribution in [0, 0.1) is 25.1 Å². The molecule has 0 fully saturated rings. The molecule has 0 N–H and O–H groups in total. The van der Waals surface area contributed by atoms with Crippen LogP contribution in [0.2, 0.25) is 0 Å². The third-order valence-electron chi connectivity index (χ3n) is 2.94. The van der Waals surface area contributed by atoms with Gasteiger partial charge in [-0.25, -0.2) is 4.39 Å². The molecule has 0 saturated heterocycles. The minimum atomic E-state index is -0.645. The first kappa shape index (κ1) is 14.8. The summed E-state index contributed by atoms with van der Waals surface area (Å²) >= 11 is 0. The molecule has 18 heavy (non-hydrogen) atoms. The summed E-state index contributed by atoms with van der Waals surface area (Å²) in [6, 6.07) is 3.20. The summed E-state index contributed by atoms with van der Waals surface area (Å²) in [6.45, 7) is 9.27. The molecule has 0 radical (unpaired) electrons. The van der Waals surface area contributed by atoms with E-state index >= 15 is 0 Å². The minimum absolute atomic E-state index is 0.141. The van der Waals surface area contributed by atoms with Crippen molar-refractivity contribution in [2.45, 2.75) is 40.7 Å². The van der Waals surface area contributed by atoms with Crippen molar-refractivity contribution >= 4 is 5.78 Å². The van der Waals surface area contributed by atoms with E-state index in [9.17, 15) is 9.18 Å². The van der Waals surface area contributed by atoms with Crippen molar-refractivity contribution < 1.29 is 13.9 Å². The molecule has 0 aromatic heterocycles. The zero-order chi connectivity index (χ0) is 14.1. The van der Waals surface area contributed by atoms with Crippen LogP contribution in [-0.4, -0.2) is 19.0 Å². The van der Waals surface area contributed by atoms with Gasteiger partial charge in [0.25, 0.3) is 0 Å². The molecule has 1 unspecified atom stereocenters. The van der Waals surface area contributed by atoms with E-state index in [4.69, 9.17) is 4.74 Å². The maximum absolute atomic E-state index is 14.0. The van der Waals surface area contributed by atoms with E-state index in [0.29, 0.717) is 5.56 Å². The summed E-state index contributed by atoms with van der Waals surface area (Å²) in [5.74, 6) is -0.760. The molecule has 0 spiro atoms. The van der Waals surface area contributed by atoms with Crippen LogP contribution in [0.15, 0.2) is 12.1 Å². The molecule has 0 heterocycles. The Bertz CT molecular complexity index is 435. The lowest BCUT2D eigenvalue weighted by Crippen LogP contribution is -2.37. The first-order valence-corrected chi connectivity index (χ1v) is 6.02. The first-order chi connectivity index (χ1) is 8.18. The quantitative estimate of drug-likeness (QED) is 0.767. The van der Waals surface area contributed by atoms with Crippen LogP contribution in [0.1, 0.15) is 42.3 Å². The molecule has 3 heteroatoms. The average Bonchev–Trinajstić information content (AvgIpc) is 2.13. The van der Waals surface area contributed by atoms with Crippen molar-refractivity contribution in [2.75, 3.05) is 7.11 Å². The lowest BCUT2D eigenvalue weighted by molar-refractivity contribution is 0.0192. The van der Waals surface area contributed by atoms with Gasteiger partial charge in [0.1, 0.15) is 11.9 Å². The summed E-state index contributed by atoms with van der Waals surface area (Å²) in [7, 11) is 1.48. The van der Waals surface area contributed by atoms with Gasteiger partial charge >= 0.3 is 0 Å². The summed E-state index contributed by atoms with van der Waals surface area (Å²) in [4.78, 5) is 12.4. The molecule has 1 aromatic rings. The van der Waals surface area contributed by atoms with Gasteiger partial charge in [-0.3, -0.25) is 4.79 Å². The van der Waals surface area contributed by atoms with Gasteiger partial charge in [0.2, 0.25) is 0 Å². The number of carbonyl (C=O) groups is 1. The smallest absolute Gasteiger partial charge is 0.195 e. The zero-order valence-electron chi connectivity index (χ0n) is 11.9. The number of halogens is 1. The predicted octanol–water partition coefficient (Wildman–Crippen LogP) is 3.69. The molecular formula is C15H21FO2. The van der Waals surface area contributed by atoms with E-state index in [1.54, 1.807) is 6.92 Å². The number of carbonyl (C=O) groups excluding carboxylic acids is 1. The topological polar surface area (TPSA) is 26.3 Å². The Kier molecular flexibility index (Phi) is 4.28. The Morgan fingerprint density at radius 1 is 1.28 bits per heavy atom. The van der Waals surface area contributed by atoms with Crippen LogP contribution >= 0.6 is 0 Å². The highest BCUT2D eigenvalue weighted by molar-refractivity contribution is 6.01. The maximum Gasteiger partial charge on any atom is 0.195 e. The second-order valence-corrected chi connectivity index (χ2v) is 5.78. The molecule has 0 aliphatic heterocycles. The number of ketones is 1. The van der Waals surface area contributed by atoms with Gasteiger partial charge in [-0.15, -0.1) is 0 Å². The van der Waals surface area contributed by atoms with Gasteiger partial charge < -0.3 is 4.74 Å². The fourth-order valence-electron chi connectivity index (χ4n) is 2.21. The van der Waals surface area contributed by atoms with Crippen LogP contribution in [0.4, 0.5) is 4.39 Å². The number of benzene rings is 1. The van der Waals surface area contributed by atoms with Gasteiger partial charge in [-0.2, -0.15) is 0 Å². The van der Waals surface area contributed by atoms with E-state index in [1.165, 1.54) is 13.2 Å². The van der Waals surface area contributed by atoms with Gasteiger partial charge in [0.05, 0.1) is 5.56 Å². The third-order valence-corrected chi connectivity index (χ3v) is 2.94. The number of methoxy groups -OCH3 is 1. The Morgan fingerprint density at radius 2 is 1.83 bits per heavy atom. The summed E-state index contributed by atoms with van der Waals surface area (Å²) in [6.07, 6.45) is -0.645. The van der Waals surface area contributed by atoms with Gasteiger partial charge in [0.15, 0.2) is 5.78 Å². The first-order valence-electron chi connectivity index (χ1n) is 6.02. The lowest BCUT2D eigenvalue weighted by Gasteiger charge is -2.28. The minimum Gasteiger partial charge on any atom is -0.373 e. The maximum atomic E-state index is 14.0. The highest BCUT2D eigenvalue weighted by Gasteiger charge is 2.34. The number of rotatable bonds is 3. The predicted molar refractivity (Wildman–Crippen MR) is 70.5 cm³/mol. The Morgan fingerprint density at radius 3 is 2.22 bits per heavy atom. The lowest BCUT2D eigenvalue weighted by atomic mass is 9.83. The van der Waals surface area contributed by atoms with Gasteiger partial charge in [-0.05, 0) is 36.5 Å². The van der Waals surface area contributed by atoms with E-state index in [1.807, 2.05) is 33.8 Å². The van der Waals surface area contributed by atoms with E-state index < -0.39 is 11.9 Å². The molecule has 0 aliphatic carbocycles. The molecule has 1 rings (SSSR count). The number of hydrogen-bond donors (Lipinski definition) is 0. The highest BCUT2D eigenvalue weighted by atomic mass is 19.1. The van der Waals surface area contributed by atoms with E-state index in [-0.39, 0.29) is 16.8 Å². The second kappa shape index (κ2) is 5.19. The third kappa shape index (κ3) is 2.96. The standard InChI is InChI=1S/C15H21FO2/c1-9-7-10(2)12(11(16)8-9)13(17)14(18-6)15(3,4)5/h7-8,14H,1-6H3. The highest BCUT2D eigenvalue weighted by Crippen LogP contribution is 2.27. The van der Waals surface area contributed by atoms with Crippen molar-refractivity contribution in [3.63, 3.8) is 0 Å². The number of Topliss-reactive ketones (excluding diaryl/α,β-unsaturated/α-hetero) is 1. The van der Waals surface area contributed by atoms with Crippen LogP contribution in [0.5, 0.6) is 0 Å². The normalized spacial score (nSPS) is 13.5. The largest absolute Gasteiger partial charge is 0.373 e. The van der Waals surface area contributed by atoms with E-state index in [2.05, 4.69) is 0 Å². The van der Waals surface area contributed by atoms with Crippen molar-refractivity contribution in [1.82, 2.24) is 0 Å². The molecule has 1 atom stereocenters. The second-order valence-electron chi connectivity index (χ2n) is 5.78. The van der Waals surface area contributed by atoms with Crippen LogP contribution < -0.4 is 0 Å². The zero-order valence-corrected chi connectivity index (χ0v) is 11.9. The number of hydrogen-bond acceptors (Lipinski definition) is 2. The molecule has 0 bridgehead atoms. The van der Waals surface area contributed by atoms with Gasteiger partial charge in [0, 0.05) is 7.11 Å². The van der Waals surface area contributed by atoms with Crippen LogP contribution in [0.3, 0.4) is 0 Å². The molecule has 0 aliphatic rings. The summed E-state index contributed by atoms with van der Waals surface area (Å²) in [5, 5.41) is 0. The van der Waals surface area contributed by atoms with Crippen molar-refractivity contribution in [3.8, 4) is 0 Å². The van der Waals surface area contributed by atoms with E-state index in [0.717, 1.165) is 5.56 Å². The fraction of sp³-hybridized carbons (Fsp3) is 0.533. The number of aryl methyl sites for hydroxylation is 2. The summed E-state index contributed by atoms with van der Waals surface area (Å²) < 4.78 is 19.2. The van der Waals surface area contributed by atoms with Crippen molar-refractivity contribution in [2.24, 2.45) is 5.41 Å². The molecule has 2 nitrogen and oxygen atoms in total. The molecular weight excluding hydrogens is 231 g/mol.